The van der Waals surface area contributed by atoms with Crippen LogP contribution in [0, 0.1) is 12.7 Å². The SMILES string of the molecule is COc1cc2c(Oc3ccc(NC(=O)c4c(C)n(-c5ccc(Cl)cc5)c(=O)n4C)cc3F)ccnc2cc1OCCCN1CCCC1. The molecule has 2 aromatic heterocycles. The van der Waals surface area contributed by atoms with Crippen LogP contribution in [0.1, 0.15) is 35.4 Å². The van der Waals surface area contributed by atoms with E-state index in [2.05, 4.69) is 15.2 Å². The second-order valence-electron chi connectivity index (χ2n) is 11.4. The van der Waals surface area contributed by atoms with E-state index in [0.29, 0.717) is 51.2 Å². The number of aromatic nitrogens is 3. The Labute approximate surface area is 276 Å². The van der Waals surface area contributed by atoms with Gasteiger partial charge in [0.15, 0.2) is 23.1 Å². The highest BCUT2D eigenvalue weighted by atomic mass is 35.5. The lowest BCUT2D eigenvalue weighted by atomic mass is 10.1. The molecule has 0 radical (unpaired) electrons. The second-order valence-corrected chi connectivity index (χ2v) is 11.8. The maximum absolute atomic E-state index is 15.4. The number of likely N-dealkylation sites (tertiary alicyclic amines) is 1. The van der Waals surface area contributed by atoms with E-state index in [9.17, 15) is 9.59 Å². The van der Waals surface area contributed by atoms with Crippen LogP contribution in [0.4, 0.5) is 10.1 Å². The van der Waals surface area contributed by atoms with Crippen LogP contribution in [0.25, 0.3) is 16.6 Å². The van der Waals surface area contributed by atoms with Crippen molar-refractivity contribution in [1.29, 1.82) is 0 Å². The molecule has 47 heavy (non-hydrogen) atoms. The van der Waals surface area contributed by atoms with Gasteiger partial charge in [0.2, 0.25) is 0 Å². The second kappa shape index (κ2) is 13.9. The molecule has 1 N–H and O–H groups in total. The lowest BCUT2D eigenvalue weighted by Gasteiger charge is -2.16. The lowest BCUT2D eigenvalue weighted by molar-refractivity contribution is 0.101. The summed E-state index contributed by atoms with van der Waals surface area (Å²) in [5, 5.41) is 3.83. The monoisotopic (exact) mass is 659 g/mol. The molecule has 1 aliphatic heterocycles. The van der Waals surface area contributed by atoms with Gasteiger partial charge in [-0.1, -0.05) is 11.6 Å². The maximum Gasteiger partial charge on any atom is 0.333 e. The summed E-state index contributed by atoms with van der Waals surface area (Å²) >= 11 is 5.99. The fourth-order valence-corrected chi connectivity index (χ4v) is 6.01. The summed E-state index contributed by atoms with van der Waals surface area (Å²) in [5.74, 6) is 0.164. The van der Waals surface area contributed by atoms with Gasteiger partial charge >= 0.3 is 5.69 Å². The van der Waals surface area contributed by atoms with Gasteiger partial charge in [0.1, 0.15) is 11.4 Å². The quantitative estimate of drug-likeness (QED) is 0.157. The zero-order valence-electron chi connectivity index (χ0n) is 26.4. The molecule has 1 fully saturated rings. The Morgan fingerprint density at radius 1 is 1.00 bits per heavy atom. The summed E-state index contributed by atoms with van der Waals surface area (Å²) in [4.78, 5) is 33.2. The topological polar surface area (TPSA) is 99.9 Å². The van der Waals surface area contributed by atoms with Crippen molar-refractivity contribution in [3.8, 4) is 28.7 Å². The molecule has 0 atom stereocenters. The molecule has 1 saturated heterocycles. The van der Waals surface area contributed by atoms with Crippen molar-refractivity contribution < 1.29 is 23.4 Å². The first-order valence-corrected chi connectivity index (χ1v) is 15.8. The number of rotatable bonds is 11. The zero-order chi connectivity index (χ0) is 33.1. The van der Waals surface area contributed by atoms with E-state index in [0.717, 1.165) is 32.1 Å². The van der Waals surface area contributed by atoms with Gasteiger partial charge in [-0.3, -0.25) is 18.9 Å². The summed E-state index contributed by atoms with van der Waals surface area (Å²) in [5.41, 5.74) is 1.53. The normalized spacial score (nSPS) is 13.2. The lowest BCUT2D eigenvalue weighted by Crippen LogP contribution is -2.24. The minimum Gasteiger partial charge on any atom is -0.493 e. The molecular weight excluding hydrogens is 625 g/mol. The van der Waals surface area contributed by atoms with Crippen molar-refractivity contribution in [3.63, 3.8) is 0 Å². The van der Waals surface area contributed by atoms with Gasteiger partial charge in [-0.2, -0.15) is 0 Å². The van der Waals surface area contributed by atoms with Crippen molar-refractivity contribution in [1.82, 2.24) is 19.0 Å². The Hall–Kier alpha value is -4.87. The predicted molar refractivity (Wildman–Crippen MR) is 179 cm³/mol. The number of hydrogen-bond donors (Lipinski definition) is 1. The average Bonchev–Trinajstić information content (AvgIpc) is 3.66. The van der Waals surface area contributed by atoms with Gasteiger partial charge < -0.3 is 24.4 Å². The molecule has 10 nitrogen and oxygen atoms in total. The summed E-state index contributed by atoms with van der Waals surface area (Å²) in [6, 6.07) is 16.0. The number of benzene rings is 3. The Morgan fingerprint density at radius 3 is 2.49 bits per heavy atom. The molecule has 1 aliphatic rings. The number of ether oxygens (including phenoxy) is 3. The maximum atomic E-state index is 15.4. The summed E-state index contributed by atoms with van der Waals surface area (Å²) < 4.78 is 35.7. The van der Waals surface area contributed by atoms with Gasteiger partial charge in [-0.15, -0.1) is 0 Å². The number of carbonyl (C=O) groups excluding carboxylic acids is 1. The molecule has 0 aliphatic carbocycles. The van der Waals surface area contributed by atoms with Crippen LogP contribution < -0.4 is 25.2 Å². The molecular formula is C35H35ClFN5O5. The number of pyridine rings is 1. The molecule has 0 bridgehead atoms. The van der Waals surface area contributed by atoms with Crippen LogP contribution in [-0.2, 0) is 7.05 Å². The van der Waals surface area contributed by atoms with Crippen molar-refractivity contribution >= 4 is 34.1 Å². The van der Waals surface area contributed by atoms with Crippen LogP contribution in [0.2, 0.25) is 5.02 Å². The fraction of sp³-hybridized carbons (Fsp3) is 0.286. The Bertz CT molecular complexity index is 1990. The number of nitrogens with one attached hydrogen (secondary N) is 1. The van der Waals surface area contributed by atoms with E-state index in [4.69, 9.17) is 25.8 Å². The smallest absolute Gasteiger partial charge is 0.333 e. The zero-order valence-corrected chi connectivity index (χ0v) is 27.1. The number of imidazole rings is 1. The summed E-state index contributed by atoms with van der Waals surface area (Å²) in [6.45, 7) is 5.50. The molecule has 244 valence electrons. The van der Waals surface area contributed by atoms with Crippen LogP contribution in [-0.4, -0.2) is 58.3 Å². The highest BCUT2D eigenvalue weighted by Gasteiger charge is 2.22. The van der Waals surface area contributed by atoms with Gasteiger partial charge in [0, 0.05) is 48.0 Å². The number of carbonyl (C=O) groups is 1. The van der Waals surface area contributed by atoms with E-state index in [1.54, 1.807) is 62.7 Å². The molecule has 12 heteroatoms. The van der Waals surface area contributed by atoms with Crippen molar-refractivity contribution in [3.05, 3.63) is 99.6 Å². The third kappa shape index (κ3) is 6.81. The molecule has 1 amide bonds. The average molecular weight is 660 g/mol. The third-order valence-corrected chi connectivity index (χ3v) is 8.52. The Morgan fingerprint density at radius 2 is 1.77 bits per heavy atom. The molecule has 0 unspecified atom stereocenters. The van der Waals surface area contributed by atoms with Gasteiger partial charge in [-0.05, 0) is 87.8 Å². The number of fused-ring (bicyclic) bond motifs is 1. The fourth-order valence-electron chi connectivity index (χ4n) is 5.88. The van der Waals surface area contributed by atoms with Crippen LogP contribution >= 0.6 is 11.6 Å². The third-order valence-electron chi connectivity index (χ3n) is 8.26. The first-order chi connectivity index (χ1) is 22.7. The van der Waals surface area contributed by atoms with Gasteiger partial charge in [0.25, 0.3) is 5.91 Å². The number of amides is 1. The van der Waals surface area contributed by atoms with Crippen molar-refractivity contribution in [2.75, 3.05) is 38.7 Å². The number of nitrogens with zero attached hydrogens (tertiary/aromatic N) is 4. The number of hydrogen-bond acceptors (Lipinski definition) is 7. The molecule has 3 aromatic carbocycles. The van der Waals surface area contributed by atoms with Crippen molar-refractivity contribution in [2.24, 2.45) is 7.05 Å². The van der Waals surface area contributed by atoms with Gasteiger partial charge in [-0.25, -0.2) is 9.18 Å². The number of anilines is 1. The van der Waals surface area contributed by atoms with E-state index in [1.165, 1.54) is 41.2 Å². The molecule has 6 rings (SSSR count). The van der Waals surface area contributed by atoms with Crippen molar-refractivity contribution in [2.45, 2.75) is 26.2 Å². The van der Waals surface area contributed by atoms with E-state index < -0.39 is 17.4 Å². The Kier molecular flexibility index (Phi) is 9.46. The van der Waals surface area contributed by atoms with Crippen LogP contribution in [0.3, 0.4) is 0 Å². The van der Waals surface area contributed by atoms with E-state index in [1.807, 2.05) is 0 Å². The van der Waals surface area contributed by atoms with Crippen LogP contribution in [0.15, 0.2) is 71.7 Å². The number of halogens is 2. The minimum absolute atomic E-state index is 0.0471. The molecule has 5 aromatic rings. The summed E-state index contributed by atoms with van der Waals surface area (Å²) in [6.07, 6.45) is 4.99. The highest BCUT2D eigenvalue weighted by Crippen LogP contribution is 2.38. The first-order valence-electron chi connectivity index (χ1n) is 15.4. The summed E-state index contributed by atoms with van der Waals surface area (Å²) in [7, 11) is 3.07. The first kappa shape index (κ1) is 32.1. The highest BCUT2D eigenvalue weighted by molar-refractivity contribution is 6.30. The minimum atomic E-state index is -0.693. The number of methoxy groups -OCH3 is 1. The molecule has 3 heterocycles. The largest absolute Gasteiger partial charge is 0.493 e. The standard InChI is InChI=1S/C35H35ClFN5O5/c1-22-33(40(2)35(44)42(22)25-10-7-23(36)8-11-25)34(43)39-24-9-12-30(27(37)19-24)47-29-13-14-38-28-21-32(31(45-3)20-26(28)29)46-18-6-17-41-15-4-5-16-41/h7-14,19-21H,4-6,15-18H2,1-3H3,(H,39,43). The van der Waals surface area contributed by atoms with E-state index in [-0.39, 0.29) is 17.1 Å². The van der Waals surface area contributed by atoms with Gasteiger partial charge in [0.05, 0.1) is 30.6 Å². The van der Waals surface area contributed by atoms with E-state index >= 15 is 4.39 Å². The Balaban J connectivity index is 1.17. The molecule has 0 saturated carbocycles. The molecule has 0 spiro atoms. The van der Waals surface area contributed by atoms with Crippen LogP contribution in [0.5, 0.6) is 23.0 Å². The predicted octanol–water partition coefficient (Wildman–Crippen LogP) is 6.74.